The highest BCUT2D eigenvalue weighted by molar-refractivity contribution is 4.92. The fourth-order valence-corrected chi connectivity index (χ4v) is 2.73. The van der Waals surface area contributed by atoms with E-state index in [4.69, 9.17) is 6.42 Å². The summed E-state index contributed by atoms with van der Waals surface area (Å²) in [6, 6.07) is 0. The minimum absolute atomic E-state index is 0.770. The monoisotopic (exact) mass is 193 g/mol. The summed E-state index contributed by atoms with van der Waals surface area (Å²) in [4.78, 5) is 0. The van der Waals surface area contributed by atoms with Crippen molar-refractivity contribution in [1.82, 2.24) is 5.32 Å². The third-order valence-electron chi connectivity index (χ3n) is 3.67. The van der Waals surface area contributed by atoms with E-state index in [1.165, 1.54) is 25.7 Å². The van der Waals surface area contributed by atoms with Gasteiger partial charge >= 0.3 is 0 Å². The van der Waals surface area contributed by atoms with Gasteiger partial charge in [-0.3, -0.25) is 0 Å². The lowest BCUT2D eigenvalue weighted by Gasteiger charge is -2.35. The molecule has 0 aromatic rings. The van der Waals surface area contributed by atoms with Crippen molar-refractivity contribution in [3.8, 4) is 12.3 Å². The largest absolute Gasteiger partial charge is 0.319 e. The fraction of sp³-hybridized carbons (Fsp3) is 0.846. The van der Waals surface area contributed by atoms with Gasteiger partial charge in [0.05, 0.1) is 0 Å². The zero-order valence-electron chi connectivity index (χ0n) is 9.55. The van der Waals surface area contributed by atoms with Crippen LogP contribution in [0.4, 0.5) is 0 Å². The molecule has 1 fully saturated rings. The van der Waals surface area contributed by atoms with Crippen LogP contribution in [0.3, 0.4) is 0 Å². The normalized spacial score (nSPS) is 32.5. The second kappa shape index (κ2) is 6.09. The van der Waals surface area contributed by atoms with Gasteiger partial charge in [0.1, 0.15) is 0 Å². The number of nitrogens with one attached hydrogen (secondary N) is 1. The Hall–Kier alpha value is -0.480. The van der Waals surface area contributed by atoms with Gasteiger partial charge in [0.25, 0.3) is 0 Å². The molecule has 0 radical (unpaired) electrons. The first-order valence-corrected chi connectivity index (χ1v) is 5.89. The summed E-state index contributed by atoms with van der Waals surface area (Å²) >= 11 is 0. The third kappa shape index (κ3) is 3.03. The topological polar surface area (TPSA) is 12.0 Å². The lowest BCUT2D eigenvalue weighted by molar-refractivity contribution is 0.177. The minimum Gasteiger partial charge on any atom is -0.319 e. The van der Waals surface area contributed by atoms with Gasteiger partial charge in [-0.2, -0.15) is 0 Å². The predicted octanol–water partition coefficient (Wildman–Crippen LogP) is 2.67. The van der Waals surface area contributed by atoms with Crippen LogP contribution in [0.5, 0.6) is 0 Å². The van der Waals surface area contributed by atoms with E-state index >= 15 is 0 Å². The van der Waals surface area contributed by atoms with Crippen molar-refractivity contribution in [1.29, 1.82) is 0 Å². The van der Waals surface area contributed by atoms with E-state index < -0.39 is 0 Å². The molecule has 1 nitrogen and oxygen atoms in total. The van der Waals surface area contributed by atoms with Crippen molar-refractivity contribution >= 4 is 0 Å². The summed E-state index contributed by atoms with van der Waals surface area (Å²) in [7, 11) is 2.04. The van der Waals surface area contributed by atoms with Crippen LogP contribution >= 0.6 is 0 Å². The van der Waals surface area contributed by atoms with Crippen LogP contribution in [0.25, 0.3) is 0 Å². The second-order valence-corrected chi connectivity index (χ2v) is 4.57. The molecule has 1 saturated carbocycles. The molecule has 0 bridgehead atoms. The van der Waals surface area contributed by atoms with Crippen LogP contribution < -0.4 is 5.32 Å². The zero-order valence-corrected chi connectivity index (χ0v) is 9.55. The Morgan fingerprint density at radius 3 is 2.71 bits per heavy atom. The molecule has 1 rings (SSSR count). The van der Waals surface area contributed by atoms with Crippen LogP contribution in [0.15, 0.2) is 0 Å². The van der Waals surface area contributed by atoms with Gasteiger partial charge in [-0.05, 0) is 44.2 Å². The summed E-state index contributed by atoms with van der Waals surface area (Å²) in [5.74, 6) is 5.36. The highest BCUT2D eigenvalue weighted by atomic mass is 14.8. The highest BCUT2D eigenvalue weighted by Gasteiger charge is 2.28. The Morgan fingerprint density at radius 1 is 1.36 bits per heavy atom. The lowest BCUT2D eigenvalue weighted by Crippen LogP contribution is -2.31. The SMILES string of the molecule is C#CCC1CC(CC)CCC1CNC. The van der Waals surface area contributed by atoms with Crippen LogP contribution in [0, 0.1) is 30.1 Å². The summed E-state index contributed by atoms with van der Waals surface area (Å²) in [6.07, 6.45) is 11.9. The summed E-state index contributed by atoms with van der Waals surface area (Å²) in [6.45, 7) is 3.44. The average Bonchev–Trinajstić information content (AvgIpc) is 2.21. The third-order valence-corrected chi connectivity index (χ3v) is 3.67. The van der Waals surface area contributed by atoms with Crippen LogP contribution in [-0.4, -0.2) is 13.6 Å². The standard InChI is InChI=1S/C13H23N/c1-4-6-12-9-11(5-2)7-8-13(12)10-14-3/h1,11-14H,5-10H2,2-3H3. The maximum absolute atomic E-state index is 5.43. The molecule has 1 N–H and O–H groups in total. The van der Waals surface area contributed by atoms with Gasteiger partial charge < -0.3 is 5.32 Å². The molecule has 0 aromatic heterocycles. The van der Waals surface area contributed by atoms with E-state index in [-0.39, 0.29) is 0 Å². The summed E-state index contributed by atoms with van der Waals surface area (Å²) < 4.78 is 0. The molecule has 0 aliphatic heterocycles. The van der Waals surface area contributed by atoms with Crippen molar-refractivity contribution < 1.29 is 0 Å². The molecule has 14 heavy (non-hydrogen) atoms. The molecule has 0 saturated heterocycles. The van der Waals surface area contributed by atoms with Crippen LogP contribution in [0.1, 0.15) is 39.0 Å². The van der Waals surface area contributed by atoms with Gasteiger partial charge in [0.15, 0.2) is 0 Å². The van der Waals surface area contributed by atoms with E-state index in [0.29, 0.717) is 0 Å². The summed E-state index contributed by atoms with van der Waals surface area (Å²) in [5, 5.41) is 3.29. The Bertz CT molecular complexity index is 192. The van der Waals surface area contributed by atoms with E-state index in [1.54, 1.807) is 0 Å². The van der Waals surface area contributed by atoms with E-state index in [2.05, 4.69) is 18.2 Å². The molecule has 3 atom stereocenters. The Morgan fingerprint density at radius 2 is 2.14 bits per heavy atom. The first-order chi connectivity index (χ1) is 6.81. The number of hydrogen-bond acceptors (Lipinski definition) is 1. The van der Waals surface area contributed by atoms with Crippen molar-refractivity contribution in [2.24, 2.45) is 17.8 Å². The lowest BCUT2D eigenvalue weighted by atomic mass is 9.72. The number of hydrogen-bond donors (Lipinski definition) is 1. The molecule has 0 aromatic carbocycles. The first kappa shape index (κ1) is 11.6. The van der Waals surface area contributed by atoms with Crippen LogP contribution in [0.2, 0.25) is 0 Å². The molecule has 0 spiro atoms. The highest BCUT2D eigenvalue weighted by Crippen LogP contribution is 2.36. The van der Waals surface area contributed by atoms with Crippen molar-refractivity contribution in [3.63, 3.8) is 0 Å². The average molecular weight is 193 g/mol. The Labute approximate surface area is 88.7 Å². The minimum atomic E-state index is 0.770. The second-order valence-electron chi connectivity index (χ2n) is 4.57. The molecular formula is C13H23N. The fourth-order valence-electron chi connectivity index (χ4n) is 2.73. The molecular weight excluding hydrogens is 170 g/mol. The van der Waals surface area contributed by atoms with Crippen LogP contribution in [-0.2, 0) is 0 Å². The van der Waals surface area contributed by atoms with Gasteiger partial charge in [-0.15, -0.1) is 12.3 Å². The van der Waals surface area contributed by atoms with E-state index in [0.717, 1.165) is 30.7 Å². The maximum atomic E-state index is 5.43. The van der Waals surface area contributed by atoms with Gasteiger partial charge in [-0.25, -0.2) is 0 Å². The molecule has 1 heteroatoms. The van der Waals surface area contributed by atoms with Crippen molar-refractivity contribution in [3.05, 3.63) is 0 Å². The quantitative estimate of drug-likeness (QED) is 0.677. The van der Waals surface area contributed by atoms with Gasteiger partial charge in [0.2, 0.25) is 0 Å². The Kier molecular flexibility index (Phi) is 5.04. The van der Waals surface area contributed by atoms with E-state index in [9.17, 15) is 0 Å². The zero-order chi connectivity index (χ0) is 10.4. The Balaban J connectivity index is 2.47. The first-order valence-electron chi connectivity index (χ1n) is 5.89. The molecule has 80 valence electrons. The van der Waals surface area contributed by atoms with Gasteiger partial charge in [-0.1, -0.05) is 19.8 Å². The van der Waals surface area contributed by atoms with Crippen molar-refractivity contribution in [2.75, 3.05) is 13.6 Å². The number of terminal acetylenes is 1. The number of rotatable bonds is 4. The van der Waals surface area contributed by atoms with E-state index in [1.807, 2.05) is 7.05 Å². The molecule has 0 heterocycles. The molecule has 0 amide bonds. The molecule has 3 unspecified atom stereocenters. The van der Waals surface area contributed by atoms with Crippen molar-refractivity contribution in [2.45, 2.75) is 39.0 Å². The van der Waals surface area contributed by atoms with Gasteiger partial charge in [0, 0.05) is 6.42 Å². The summed E-state index contributed by atoms with van der Waals surface area (Å²) in [5.41, 5.74) is 0. The maximum Gasteiger partial charge on any atom is 0.0118 e. The smallest absolute Gasteiger partial charge is 0.0118 e. The predicted molar refractivity (Wildman–Crippen MR) is 62.0 cm³/mol. The molecule has 1 aliphatic carbocycles. The molecule has 1 aliphatic rings.